The number of amides is 2. The standard InChI is InChI=1S/C19H18ClN3O3/c1-22(2)19(25)26-17-18(24)23(3)15-10-9-13(20)11-14(15)16(21-17)12-7-5-4-6-8-12/h4-11,17H,1-3H3. The Morgan fingerprint density at radius 3 is 2.54 bits per heavy atom. The van der Waals surface area contributed by atoms with Gasteiger partial charge in [0.05, 0.1) is 11.4 Å². The Kier molecular flexibility index (Phi) is 4.95. The number of likely N-dealkylation sites (N-methyl/N-ethyl adjacent to an activating group) is 1. The monoisotopic (exact) mass is 371 g/mol. The maximum absolute atomic E-state index is 12.8. The molecule has 0 spiro atoms. The molecule has 1 aliphatic heterocycles. The number of carbonyl (C=O) groups excluding carboxylic acids is 2. The maximum atomic E-state index is 12.8. The molecular weight excluding hydrogens is 354 g/mol. The molecule has 0 saturated carbocycles. The van der Waals surface area contributed by atoms with Crippen LogP contribution in [-0.4, -0.2) is 50.0 Å². The first-order chi connectivity index (χ1) is 12.4. The second-order valence-corrected chi connectivity index (χ2v) is 6.47. The van der Waals surface area contributed by atoms with Crippen molar-refractivity contribution in [1.82, 2.24) is 4.90 Å². The second-order valence-electron chi connectivity index (χ2n) is 6.03. The average Bonchev–Trinajstić information content (AvgIpc) is 2.73. The van der Waals surface area contributed by atoms with Gasteiger partial charge in [-0.15, -0.1) is 0 Å². The van der Waals surface area contributed by atoms with E-state index in [4.69, 9.17) is 16.3 Å². The third-order valence-corrected chi connectivity index (χ3v) is 4.22. The van der Waals surface area contributed by atoms with E-state index < -0.39 is 18.2 Å². The van der Waals surface area contributed by atoms with Crippen LogP contribution in [0.1, 0.15) is 11.1 Å². The van der Waals surface area contributed by atoms with Gasteiger partial charge in [-0.05, 0) is 18.2 Å². The lowest BCUT2D eigenvalue weighted by Crippen LogP contribution is -2.39. The zero-order chi connectivity index (χ0) is 18.8. The van der Waals surface area contributed by atoms with E-state index in [9.17, 15) is 9.59 Å². The summed E-state index contributed by atoms with van der Waals surface area (Å²) in [6.45, 7) is 0. The Labute approximate surface area is 156 Å². The third-order valence-electron chi connectivity index (χ3n) is 3.99. The minimum absolute atomic E-state index is 0.435. The van der Waals surface area contributed by atoms with Gasteiger partial charge in [-0.25, -0.2) is 9.79 Å². The fraction of sp³-hybridized carbons (Fsp3) is 0.211. The summed E-state index contributed by atoms with van der Waals surface area (Å²) in [6.07, 6.45) is -1.92. The molecule has 2 aromatic carbocycles. The number of nitrogens with zero attached hydrogens (tertiary/aromatic N) is 3. The number of fused-ring (bicyclic) bond motifs is 1. The molecule has 2 aromatic rings. The van der Waals surface area contributed by atoms with E-state index in [0.717, 1.165) is 5.56 Å². The highest BCUT2D eigenvalue weighted by Crippen LogP contribution is 2.30. The van der Waals surface area contributed by atoms with Gasteiger partial charge in [0.1, 0.15) is 0 Å². The fourth-order valence-electron chi connectivity index (χ4n) is 2.62. The van der Waals surface area contributed by atoms with Gasteiger partial charge in [0.25, 0.3) is 12.1 Å². The van der Waals surface area contributed by atoms with Crippen molar-refractivity contribution in [1.29, 1.82) is 0 Å². The topological polar surface area (TPSA) is 62.2 Å². The van der Waals surface area contributed by atoms with E-state index in [-0.39, 0.29) is 0 Å². The molecule has 1 heterocycles. The van der Waals surface area contributed by atoms with Crippen LogP contribution in [0.5, 0.6) is 0 Å². The summed E-state index contributed by atoms with van der Waals surface area (Å²) in [7, 11) is 4.71. The molecule has 0 aliphatic carbocycles. The molecule has 3 rings (SSSR count). The summed E-state index contributed by atoms with van der Waals surface area (Å²) in [5.41, 5.74) is 2.68. The highest BCUT2D eigenvalue weighted by Gasteiger charge is 2.33. The summed E-state index contributed by atoms with van der Waals surface area (Å²) in [6, 6.07) is 14.6. The van der Waals surface area contributed by atoms with Gasteiger partial charge in [0.15, 0.2) is 0 Å². The minimum atomic E-state index is -1.28. The number of hydrogen-bond acceptors (Lipinski definition) is 4. The van der Waals surface area contributed by atoms with Crippen LogP contribution in [-0.2, 0) is 9.53 Å². The first-order valence-corrected chi connectivity index (χ1v) is 8.35. The van der Waals surface area contributed by atoms with Crippen molar-refractivity contribution in [3.63, 3.8) is 0 Å². The Morgan fingerprint density at radius 2 is 1.88 bits per heavy atom. The summed E-state index contributed by atoms with van der Waals surface area (Å²) < 4.78 is 5.30. The van der Waals surface area contributed by atoms with E-state index in [1.165, 1.54) is 9.80 Å². The average molecular weight is 372 g/mol. The van der Waals surface area contributed by atoms with Crippen LogP contribution >= 0.6 is 11.6 Å². The largest absolute Gasteiger partial charge is 0.414 e. The first kappa shape index (κ1) is 17.9. The van der Waals surface area contributed by atoms with Crippen molar-refractivity contribution in [2.24, 2.45) is 4.99 Å². The van der Waals surface area contributed by atoms with Crippen LogP contribution in [0.3, 0.4) is 0 Å². The highest BCUT2D eigenvalue weighted by molar-refractivity contribution is 6.32. The van der Waals surface area contributed by atoms with Gasteiger partial charge in [-0.2, -0.15) is 0 Å². The number of rotatable bonds is 2. The molecule has 7 heteroatoms. The number of ether oxygens (including phenoxy) is 1. The lowest BCUT2D eigenvalue weighted by molar-refractivity contribution is -0.126. The molecule has 0 radical (unpaired) electrons. The maximum Gasteiger partial charge on any atom is 0.411 e. The van der Waals surface area contributed by atoms with Crippen LogP contribution < -0.4 is 4.90 Å². The van der Waals surface area contributed by atoms with E-state index in [1.54, 1.807) is 39.3 Å². The van der Waals surface area contributed by atoms with E-state index in [1.807, 2.05) is 30.3 Å². The number of anilines is 1. The van der Waals surface area contributed by atoms with E-state index in [0.29, 0.717) is 22.0 Å². The van der Waals surface area contributed by atoms with Crippen LogP contribution in [0.25, 0.3) is 0 Å². The Hall–Kier alpha value is -2.86. The van der Waals surface area contributed by atoms with Crippen molar-refractivity contribution in [2.45, 2.75) is 6.23 Å². The molecule has 0 saturated heterocycles. The van der Waals surface area contributed by atoms with Gasteiger partial charge < -0.3 is 14.5 Å². The molecule has 0 bridgehead atoms. The predicted molar refractivity (Wildman–Crippen MR) is 101 cm³/mol. The zero-order valence-electron chi connectivity index (χ0n) is 14.6. The molecule has 0 fully saturated rings. The van der Waals surface area contributed by atoms with Gasteiger partial charge in [0, 0.05) is 37.3 Å². The zero-order valence-corrected chi connectivity index (χ0v) is 15.4. The third kappa shape index (κ3) is 3.41. The van der Waals surface area contributed by atoms with E-state index >= 15 is 0 Å². The molecule has 134 valence electrons. The van der Waals surface area contributed by atoms with Gasteiger partial charge >= 0.3 is 6.09 Å². The number of halogens is 1. The van der Waals surface area contributed by atoms with Crippen molar-refractivity contribution >= 4 is 35.0 Å². The van der Waals surface area contributed by atoms with Crippen LogP contribution in [0.2, 0.25) is 5.02 Å². The highest BCUT2D eigenvalue weighted by atomic mass is 35.5. The molecule has 0 N–H and O–H groups in total. The van der Waals surface area contributed by atoms with Gasteiger partial charge in [-0.3, -0.25) is 4.79 Å². The number of hydrogen-bond donors (Lipinski definition) is 0. The van der Waals surface area contributed by atoms with Crippen LogP contribution in [0, 0.1) is 0 Å². The lowest BCUT2D eigenvalue weighted by atomic mass is 10.0. The minimum Gasteiger partial charge on any atom is -0.414 e. The normalized spacial score (nSPS) is 16.5. The van der Waals surface area contributed by atoms with Gasteiger partial charge in [-0.1, -0.05) is 41.9 Å². The van der Waals surface area contributed by atoms with Crippen molar-refractivity contribution in [3.05, 3.63) is 64.7 Å². The Balaban J connectivity index is 2.17. The van der Waals surface area contributed by atoms with Gasteiger partial charge in [0.2, 0.25) is 0 Å². The molecular formula is C19H18ClN3O3. The molecule has 2 amide bonds. The van der Waals surface area contributed by atoms with Crippen LogP contribution in [0.15, 0.2) is 53.5 Å². The Bertz CT molecular complexity index is 881. The number of benzodiazepines with no additional fused rings is 1. The Morgan fingerprint density at radius 1 is 1.19 bits per heavy atom. The quantitative estimate of drug-likeness (QED) is 0.814. The molecule has 1 atom stereocenters. The lowest BCUT2D eigenvalue weighted by Gasteiger charge is -2.21. The molecule has 26 heavy (non-hydrogen) atoms. The van der Waals surface area contributed by atoms with Crippen molar-refractivity contribution in [2.75, 3.05) is 26.0 Å². The fourth-order valence-corrected chi connectivity index (χ4v) is 2.79. The van der Waals surface area contributed by atoms with E-state index in [2.05, 4.69) is 4.99 Å². The van der Waals surface area contributed by atoms with Crippen molar-refractivity contribution < 1.29 is 14.3 Å². The number of aliphatic imine (C=N–C) groups is 1. The smallest absolute Gasteiger partial charge is 0.411 e. The molecule has 1 unspecified atom stereocenters. The molecule has 0 aromatic heterocycles. The SMILES string of the molecule is CN(C)C(=O)OC1N=C(c2ccccc2)c2cc(Cl)ccc2N(C)C1=O. The molecule has 1 aliphatic rings. The predicted octanol–water partition coefficient (Wildman–Crippen LogP) is 3.18. The molecule has 6 nitrogen and oxygen atoms in total. The summed E-state index contributed by atoms with van der Waals surface area (Å²) in [4.78, 5) is 32.0. The number of benzene rings is 2. The summed E-state index contributed by atoms with van der Waals surface area (Å²) >= 11 is 6.18. The summed E-state index contributed by atoms with van der Waals surface area (Å²) in [5, 5.41) is 0.525. The van der Waals surface area contributed by atoms with Crippen molar-refractivity contribution in [3.8, 4) is 0 Å². The van der Waals surface area contributed by atoms with Crippen LogP contribution in [0.4, 0.5) is 10.5 Å². The number of carbonyl (C=O) groups is 2. The first-order valence-electron chi connectivity index (χ1n) is 7.97. The second kappa shape index (κ2) is 7.17. The summed E-state index contributed by atoms with van der Waals surface area (Å²) in [5.74, 6) is -0.435.